The summed E-state index contributed by atoms with van der Waals surface area (Å²) in [5.41, 5.74) is 1.03. The molecule has 6 heteroatoms. The van der Waals surface area contributed by atoms with Crippen molar-refractivity contribution in [3.63, 3.8) is 0 Å². The number of piperazine rings is 1. The molecule has 1 aromatic rings. The first-order chi connectivity index (χ1) is 11.4. The summed E-state index contributed by atoms with van der Waals surface area (Å²) >= 11 is 3.43. The van der Waals surface area contributed by atoms with Crippen LogP contribution >= 0.6 is 15.9 Å². The molecule has 132 valence electrons. The lowest BCUT2D eigenvalue weighted by Crippen LogP contribution is -2.52. The Morgan fingerprint density at radius 1 is 1.08 bits per heavy atom. The van der Waals surface area contributed by atoms with E-state index >= 15 is 0 Å². The Labute approximate surface area is 152 Å². The van der Waals surface area contributed by atoms with E-state index in [-0.39, 0.29) is 23.8 Å². The Balaban J connectivity index is 2.04. The van der Waals surface area contributed by atoms with Gasteiger partial charge in [0.15, 0.2) is 0 Å². The van der Waals surface area contributed by atoms with E-state index in [0.29, 0.717) is 32.8 Å². The molecule has 1 atom stereocenters. The quantitative estimate of drug-likeness (QED) is 0.782. The first kappa shape index (κ1) is 18.8. The van der Waals surface area contributed by atoms with Gasteiger partial charge in [-0.15, -0.1) is 0 Å². The van der Waals surface area contributed by atoms with Crippen LogP contribution in [-0.2, 0) is 9.53 Å². The van der Waals surface area contributed by atoms with Gasteiger partial charge in [0.05, 0.1) is 12.5 Å². The Kier molecular flexibility index (Phi) is 6.66. The fraction of sp³-hybridized carbons (Fsp3) is 0.556. The van der Waals surface area contributed by atoms with Gasteiger partial charge in [-0.2, -0.15) is 0 Å². The standard InChI is InChI=1S/C18H25BrN2O3/c1-4-24-18(23)21-11-9-20(10-12-21)17(22)16(13(2)3)14-5-7-15(19)8-6-14/h5-8,13,16H,4,9-12H2,1-3H3. The third-order valence-corrected chi connectivity index (χ3v) is 4.81. The van der Waals surface area contributed by atoms with Gasteiger partial charge in [0.2, 0.25) is 5.91 Å². The Hall–Kier alpha value is -1.56. The molecule has 0 bridgehead atoms. The summed E-state index contributed by atoms with van der Waals surface area (Å²) in [4.78, 5) is 28.3. The zero-order chi connectivity index (χ0) is 17.7. The minimum Gasteiger partial charge on any atom is -0.450 e. The second kappa shape index (κ2) is 8.51. The molecule has 5 nitrogen and oxygen atoms in total. The van der Waals surface area contributed by atoms with Crippen molar-refractivity contribution < 1.29 is 14.3 Å². The maximum absolute atomic E-state index is 13.0. The van der Waals surface area contributed by atoms with Gasteiger partial charge < -0.3 is 14.5 Å². The first-order valence-corrected chi connectivity index (χ1v) is 9.19. The molecule has 1 aliphatic heterocycles. The zero-order valence-corrected chi connectivity index (χ0v) is 16.1. The predicted molar refractivity (Wildman–Crippen MR) is 96.9 cm³/mol. The molecule has 1 saturated heterocycles. The van der Waals surface area contributed by atoms with Crippen LogP contribution < -0.4 is 0 Å². The Morgan fingerprint density at radius 2 is 1.62 bits per heavy atom. The molecule has 2 rings (SSSR count). The van der Waals surface area contributed by atoms with Crippen LogP contribution in [0.15, 0.2) is 28.7 Å². The largest absolute Gasteiger partial charge is 0.450 e. The molecule has 1 fully saturated rings. The number of hydrogen-bond acceptors (Lipinski definition) is 3. The van der Waals surface area contributed by atoms with Crippen LogP contribution in [0, 0.1) is 5.92 Å². The predicted octanol–water partition coefficient (Wildman–Crippen LogP) is 3.49. The smallest absolute Gasteiger partial charge is 0.409 e. The third kappa shape index (κ3) is 4.50. The monoisotopic (exact) mass is 396 g/mol. The van der Waals surface area contributed by atoms with Gasteiger partial charge in [-0.1, -0.05) is 41.9 Å². The topological polar surface area (TPSA) is 49.9 Å². The maximum atomic E-state index is 13.0. The summed E-state index contributed by atoms with van der Waals surface area (Å²) in [6.45, 7) is 8.46. The van der Waals surface area contributed by atoms with Gasteiger partial charge in [0.1, 0.15) is 0 Å². The molecule has 24 heavy (non-hydrogen) atoms. The number of carbonyl (C=O) groups is 2. The zero-order valence-electron chi connectivity index (χ0n) is 14.5. The van der Waals surface area contributed by atoms with E-state index in [1.165, 1.54) is 0 Å². The fourth-order valence-electron chi connectivity index (χ4n) is 3.00. The van der Waals surface area contributed by atoms with E-state index in [4.69, 9.17) is 4.74 Å². The minimum absolute atomic E-state index is 0.135. The molecule has 0 spiro atoms. The van der Waals surface area contributed by atoms with Gasteiger partial charge in [-0.3, -0.25) is 4.79 Å². The van der Waals surface area contributed by atoms with E-state index in [2.05, 4.69) is 29.8 Å². The molecule has 0 N–H and O–H groups in total. The molecule has 1 aliphatic rings. The molecule has 2 amide bonds. The number of halogens is 1. The molecule has 1 unspecified atom stereocenters. The number of carbonyl (C=O) groups excluding carboxylic acids is 2. The second-order valence-electron chi connectivity index (χ2n) is 6.28. The normalized spacial score (nSPS) is 16.2. The van der Waals surface area contributed by atoms with Crippen molar-refractivity contribution in [3.8, 4) is 0 Å². The average Bonchev–Trinajstić information content (AvgIpc) is 2.57. The van der Waals surface area contributed by atoms with Gasteiger partial charge >= 0.3 is 6.09 Å². The van der Waals surface area contributed by atoms with E-state index in [1.807, 2.05) is 29.2 Å². The Bertz CT molecular complexity index is 566. The summed E-state index contributed by atoms with van der Waals surface area (Å²) in [6, 6.07) is 7.94. The van der Waals surface area contributed by atoms with Crippen molar-refractivity contribution in [3.05, 3.63) is 34.3 Å². The summed E-state index contributed by atoms with van der Waals surface area (Å²) in [5.74, 6) is 0.185. The van der Waals surface area contributed by atoms with E-state index in [0.717, 1.165) is 10.0 Å². The van der Waals surface area contributed by atoms with Crippen LogP contribution in [0.5, 0.6) is 0 Å². The highest BCUT2D eigenvalue weighted by Crippen LogP contribution is 2.28. The molecule has 0 aliphatic carbocycles. The number of nitrogens with zero attached hydrogens (tertiary/aromatic N) is 2. The van der Waals surface area contributed by atoms with Crippen LogP contribution in [0.4, 0.5) is 4.79 Å². The second-order valence-corrected chi connectivity index (χ2v) is 7.20. The van der Waals surface area contributed by atoms with Crippen molar-refractivity contribution in [2.75, 3.05) is 32.8 Å². The molecule has 1 heterocycles. The Morgan fingerprint density at radius 3 is 2.12 bits per heavy atom. The van der Waals surface area contributed by atoms with Crippen molar-refractivity contribution in [2.24, 2.45) is 5.92 Å². The lowest BCUT2D eigenvalue weighted by Gasteiger charge is -2.36. The fourth-order valence-corrected chi connectivity index (χ4v) is 3.27. The average molecular weight is 397 g/mol. The summed E-state index contributed by atoms with van der Waals surface area (Å²) in [7, 11) is 0. The van der Waals surface area contributed by atoms with Crippen molar-refractivity contribution in [2.45, 2.75) is 26.7 Å². The van der Waals surface area contributed by atoms with Crippen LogP contribution in [0.3, 0.4) is 0 Å². The molecule has 0 radical (unpaired) electrons. The number of amides is 2. The summed E-state index contributed by atoms with van der Waals surface area (Å²) < 4.78 is 6.03. The molecule has 0 aromatic heterocycles. The minimum atomic E-state index is -0.294. The lowest BCUT2D eigenvalue weighted by molar-refractivity contribution is -0.135. The van der Waals surface area contributed by atoms with Gasteiger partial charge in [0, 0.05) is 30.7 Å². The van der Waals surface area contributed by atoms with E-state index in [9.17, 15) is 9.59 Å². The van der Waals surface area contributed by atoms with Crippen LogP contribution in [0.25, 0.3) is 0 Å². The number of rotatable bonds is 4. The highest BCUT2D eigenvalue weighted by Gasteiger charge is 2.31. The van der Waals surface area contributed by atoms with E-state index < -0.39 is 0 Å². The van der Waals surface area contributed by atoms with E-state index in [1.54, 1.807) is 11.8 Å². The van der Waals surface area contributed by atoms with Crippen LogP contribution in [0.2, 0.25) is 0 Å². The van der Waals surface area contributed by atoms with Crippen molar-refractivity contribution in [1.29, 1.82) is 0 Å². The van der Waals surface area contributed by atoms with Crippen molar-refractivity contribution in [1.82, 2.24) is 9.80 Å². The summed E-state index contributed by atoms with van der Waals surface area (Å²) in [6.07, 6.45) is -0.294. The van der Waals surface area contributed by atoms with Gasteiger partial charge in [-0.05, 0) is 30.5 Å². The number of hydrogen-bond donors (Lipinski definition) is 0. The number of benzene rings is 1. The van der Waals surface area contributed by atoms with Crippen LogP contribution in [-0.4, -0.2) is 54.6 Å². The molecular weight excluding hydrogens is 372 g/mol. The SMILES string of the molecule is CCOC(=O)N1CCN(C(=O)C(c2ccc(Br)cc2)C(C)C)CC1. The van der Waals surface area contributed by atoms with Crippen LogP contribution in [0.1, 0.15) is 32.3 Å². The molecule has 1 aromatic carbocycles. The highest BCUT2D eigenvalue weighted by molar-refractivity contribution is 9.10. The lowest BCUT2D eigenvalue weighted by atomic mass is 9.87. The third-order valence-electron chi connectivity index (χ3n) is 4.28. The summed E-state index contributed by atoms with van der Waals surface area (Å²) in [5, 5.41) is 0. The van der Waals surface area contributed by atoms with Crippen molar-refractivity contribution >= 4 is 27.9 Å². The maximum Gasteiger partial charge on any atom is 0.409 e. The molecule has 0 saturated carbocycles. The molecular formula is C18H25BrN2O3. The van der Waals surface area contributed by atoms with Gasteiger partial charge in [-0.25, -0.2) is 4.79 Å². The highest BCUT2D eigenvalue weighted by atomic mass is 79.9. The number of ether oxygens (including phenoxy) is 1. The van der Waals surface area contributed by atoms with Gasteiger partial charge in [0.25, 0.3) is 0 Å². The first-order valence-electron chi connectivity index (χ1n) is 8.40.